The van der Waals surface area contributed by atoms with Gasteiger partial charge in [0.05, 0.1) is 5.69 Å². The number of benzene rings is 1. The van der Waals surface area contributed by atoms with E-state index in [0.717, 1.165) is 5.56 Å². The quantitative estimate of drug-likeness (QED) is 0.765. The molecule has 2 N–H and O–H groups in total. The van der Waals surface area contributed by atoms with Crippen molar-refractivity contribution < 1.29 is 0 Å². The Hall–Kier alpha value is -2.10. The first-order valence-electron chi connectivity index (χ1n) is 5.15. The lowest BCUT2D eigenvalue weighted by Crippen LogP contribution is -2.21. The largest absolute Gasteiger partial charge is 0.326 e. The molecule has 0 unspecified atom stereocenters. The Bertz CT molecular complexity index is 512. The first kappa shape index (κ1) is 12.0. The fourth-order valence-corrected chi connectivity index (χ4v) is 1.24. The van der Waals surface area contributed by atoms with Crippen LogP contribution in [0.5, 0.6) is 0 Å². The van der Waals surface area contributed by atoms with Crippen molar-refractivity contribution in [3.8, 4) is 11.3 Å². The Labute approximate surface area is 93.0 Å². The van der Waals surface area contributed by atoms with Crippen LogP contribution in [0, 0.1) is 0 Å². The highest BCUT2D eigenvalue weighted by molar-refractivity contribution is 5.57. The standard InChI is InChI=1S/C10H8N2O2.C2H6/c13-9-6-8(11-10(14)12-9)7-4-2-1-3-5-7;1-2/h1-6H,(H2,11,12,13,14);1-2H3. The van der Waals surface area contributed by atoms with Gasteiger partial charge in [-0.05, 0) is 5.56 Å². The molecule has 0 amide bonds. The molecule has 0 saturated heterocycles. The monoisotopic (exact) mass is 218 g/mol. The highest BCUT2D eigenvalue weighted by Crippen LogP contribution is 2.11. The fourth-order valence-electron chi connectivity index (χ4n) is 1.24. The van der Waals surface area contributed by atoms with Gasteiger partial charge in [-0.1, -0.05) is 44.2 Å². The Morgan fingerprint density at radius 1 is 0.938 bits per heavy atom. The van der Waals surface area contributed by atoms with Crippen molar-refractivity contribution in [3.63, 3.8) is 0 Å². The molecular weight excluding hydrogens is 204 g/mol. The minimum absolute atomic E-state index is 0.396. The van der Waals surface area contributed by atoms with Crippen LogP contribution in [0.4, 0.5) is 0 Å². The first-order chi connectivity index (χ1) is 7.75. The molecule has 1 heterocycles. The summed E-state index contributed by atoms with van der Waals surface area (Å²) in [5.41, 5.74) is 0.457. The average Bonchev–Trinajstić information content (AvgIpc) is 2.32. The number of rotatable bonds is 1. The second-order valence-corrected chi connectivity index (χ2v) is 2.87. The zero-order valence-corrected chi connectivity index (χ0v) is 9.28. The maximum absolute atomic E-state index is 11.0. The summed E-state index contributed by atoms with van der Waals surface area (Å²) in [5, 5.41) is 0. The van der Waals surface area contributed by atoms with Gasteiger partial charge >= 0.3 is 5.69 Å². The van der Waals surface area contributed by atoms with Gasteiger partial charge in [0.25, 0.3) is 5.56 Å². The van der Waals surface area contributed by atoms with Crippen molar-refractivity contribution in [1.82, 2.24) is 9.97 Å². The van der Waals surface area contributed by atoms with E-state index < -0.39 is 11.2 Å². The van der Waals surface area contributed by atoms with Crippen molar-refractivity contribution in [2.45, 2.75) is 13.8 Å². The highest BCUT2D eigenvalue weighted by atomic mass is 16.2. The molecule has 84 valence electrons. The molecule has 4 heteroatoms. The lowest BCUT2D eigenvalue weighted by Gasteiger charge is -1.98. The summed E-state index contributed by atoms with van der Waals surface area (Å²) in [6.45, 7) is 4.00. The predicted octanol–water partition coefficient (Wildman–Crippen LogP) is 1.76. The molecule has 2 aromatic rings. The zero-order valence-electron chi connectivity index (χ0n) is 9.28. The van der Waals surface area contributed by atoms with Crippen molar-refractivity contribution in [2.24, 2.45) is 0 Å². The molecule has 1 aromatic carbocycles. The van der Waals surface area contributed by atoms with Crippen molar-refractivity contribution in [2.75, 3.05) is 0 Å². The molecular formula is C12H14N2O2. The van der Waals surface area contributed by atoms with E-state index in [-0.39, 0.29) is 0 Å². The Balaban J connectivity index is 0.000000606. The van der Waals surface area contributed by atoms with Crippen molar-refractivity contribution >= 4 is 0 Å². The third-order valence-electron chi connectivity index (χ3n) is 1.85. The summed E-state index contributed by atoms with van der Waals surface area (Å²) in [6.07, 6.45) is 0. The summed E-state index contributed by atoms with van der Waals surface area (Å²) in [5.74, 6) is 0. The van der Waals surface area contributed by atoms with Crippen molar-refractivity contribution in [1.29, 1.82) is 0 Å². The van der Waals surface area contributed by atoms with Gasteiger partial charge in [0.15, 0.2) is 0 Å². The molecule has 0 saturated carbocycles. The van der Waals surface area contributed by atoms with Crippen LogP contribution in [-0.4, -0.2) is 9.97 Å². The summed E-state index contributed by atoms with van der Waals surface area (Å²) >= 11 is 0. The van der Waals surface area contributed by atoms with Crippen LogP contribution >= 0.6 is 0 Å². The molecule has 16 heavy (non-hydrogen) atoms. The maximum Gasteiger partial charge on any atom is 0.326 e. The minimum Gasteiger partial charge on any atom is -0.307 e. The highest BCUT2D eigenvalue weighted by Gasteiger charge is 1.98. The van der Waals surface area contributed by atoms with Crippen LogP contribution in [0.15, 0.2) is 46.0 Å². The van der Waals surface area contributed by atoms with E-state index in [0.29, 0.717) is 5.69 Å². The van der Waals surface area contributed by atoms with Gasteiger partial charge in [-0.25, -0.2) is 4.79 Å². The van der Waals surface area contributed by atoms with Gasteiger partial charge in [-0.2, -0.15) is 0 Å². The van der Waals surface area contributed by atoms with E-state index in [4.69, 9.17) is 0 Å². The SMILES string of the molecule is CC.O=c1cc(-c2ccccc2)[nH]c(=O)[nH]1. The van der Waals surface area contributed by atoms with Crippen LogP contribution in [-0.2, 0) is 0 Å². The van der Waals surface area contributed by atoms with E-state index in [2.05, 4.69) is 9.97 Å². The average molecular weight is 218 g/mol. The Morgan fingerprint density at radius 3 is 2.12 bits per heavy atom. The third-order valence-corrected chi connectivity index (χ3v) is 1.85. The molecule has 0 radical (unpaired) electrons. The minimum atomic E-state index is -0.489. The van der Waals surface area contributed by atoms with Crippen molar-refractivity contribution in [3.05, 3.63) is 57.2 Å². The van der Waals surface area contributed by atoms with E-state index in [1.807, 2.05) is 44.2 Å². The molecule has 0 atom stereocenters. The zero-order chi connectivity index (χ0) is 12.0. The van der Waals surface area contributed by atoms with Crippen LogP contribution in [0.2, 0.25) is 0 Å². The number of hydrogen-bond acceptors (Lipinski definition) is 2. The second-order valence-electron chi connectivity index (χ2n) is 2.87. The molecule has 0 fully saturated rings. The smallest absolute Gasteiger partial charge is 0.307 e. The first-order valence-corrected chi connectivity index (χ1v) is 5.15. The van der Waals surface area contributed by atoms with Crippen LogP contribution in [0.25, 0.3) is 11.3 Å². The summed E-state index contributed by atoms with van der Waals surface area (Å²) in [7, 11) is 0. The van der Waals surface area contributed by atoms with E-state index in [1.54, 1.807) is 0 Å². The van der Waals surface area contributed by atoms with Gasteiger partial charge < -0.3 is 4.98 Å². The second kappa shape index (κ2) is 5.70. The number of hydrogen-bond donors (Lipinski definition) is 2. The molecule has 0 bridgehead atoms. The number of H-pyrrole nitrogens is 2. The predicted molar refractivity (Wildman–Crippen MR) is 64.5 cm³/mol. The third kappa shape index (κ3) is 2.95. The molecule has 0 aliphatic rings. The Morgan fingerprint density at radius 2 is 1.56 bits per heavy atom. The molecule has 0 aliphatic carbocycles. The Kier molecular flexibility index (Phi) is 4.27. The lowest BCUT2D eigenvalue weighted by atomic mass is 10.1. The normalized spacial score (nSPS) is 9.12. The fraction of sp³-hybridized carbons (Fsp3) is 0.167. The van der Waals surface area contributed by atoms with Crippen LogP contribution in [0.1, 0.15) is 13.8 Å². The summed E-state index contributed by atoms with van der Waals surface area (Å²) in [4.78, 5) is 26.6. The lowest BCUT2D eigenvalue weighted by molar-refractivity contribution is 1.04. The number of nitrogens with one attached hydrogen (secondary N) is 2. The van der Waals surface area contributed by atoms with E-state index in [9.17, 15) is 9.59 Å². The maximum atomic E-state index is 11.0. The van der Waals surface area contributed by atoms with E-state index >= 15 is 0 Å². The van der Waals surface area contributed by atoms with Gasteiger partial charge in [-0.3, -0.25) is 9.78 Å². The summed E-state index contributed by atoms with van der Waals surface area (Å²) in [6, 6.07) is 10.6. The molecule has 4 nitrogen and oxygen atoms in total. The number of aromatic nitrogens is 2. The molecule has 2 rings (SSSR count). The van der Waals surface area contributed by atoms with Gasteiger partial charge in [0.1, 0.15) is 0 Å². The van der Waals surface area contributed by atoms with Gasteiger partial charge in [0.2, 0.25) is 0 Å². The molecule has 1 aromatic heterocycles. The van der Waals surface area contributed by atoms with Crippen LogP contribution in [0.3, 0.4) is 0 Å². The summed E-state index contributed by atoms with van der Waals surface area (Å²) < 4.78 is 0. The van der Waals surface area contributed by atoms with Gasteiger partial charge in [0, 0.05) is 6.07 Å². The molecule has 0 aliphatic heterocycles. The molecule has 0 spiro atoms. The van der Waals surface area contributed by atoms with E-state index in [1.165, 1.54) is 6.07 Å². The topological polar surface area (TPSA) is 65.7 Å². The van der Waals surface area contributed by atoms with Gasteiger partial charge in [-0.15, -0.1) is 0 Å². The number of aromatic amines is 2. The van der Waals surface area contributed by atoms with Crippen LogP contribution < -0.4 is 11.2 Å².